The van der Waals surface area contributed by atoms with Crippen LogP contribution in [0.25, 0.3) is 20.2 Å². The molecule has 0 saturated heterocycles. The molecule has 238 valence electrons. The van der Waals surface area contributed by atoms with Crippen LogP contribution in [0.1, 0.15) is 52.7 Å². The van der Waals surface area contributed by atoms with Crippen LogP contribution in [0.2, 0.25) is 0 Å². The fourth-order valence-corrected chi connectivity index (χ4v) is 6.10. The number of rotatable bonds is 3. The predicted octanol–water partition coefficient (Wildman–Crippen LogP) is 9.77. The van der Waals surface area contributed by atoms with E-state index in [0.717, 1.165) is 0 Å². The first-order valence-electron chi connectivity index (χ1n) is 11.6. The number of benzene rings is 2. The third-order valence-electron chi connectivity index (χ3n) is 6.08. The average molecular weight is 665 g/mol. The summed E-state index contributed by atoms with van der Waals surface area (Å²) in [6.07, 6.45) is -6.87. The van der Waals surface area contributed by atoms with E-state index in [9.17, 15) is 43.9 Å². The second kappa shape index (κ2) is 10.4. The number of hydrogen-bond donors (Lipinski definition) is 0. The highest BCUT2D eigenvalue weighted by Crippen LogP contribution is 2.65. The number of thiophene rings is 1. The van der Waals surface area contributed by atoms with E-state index in [1.165, 1.54) is 24.3 Å². The van der Waals surface area contributed by atoms with Crippen LogP contribution in [0.15, 0.2) is 36.4 Å². The minimum atomic E-state index is -6.94. The first-order valence-corrected chi connectivity index (χ1v) is 14.2. The van der Waals surface area contributed by atoms with Gasteiger partial charge in [-0.2, -0.15) is 43.9 Å². The van der Waals surface area contributed by atoms with Gasteiger partial charge in [-0.05, 0) is 34.1 Å². The molecular weight excluding hydrogens is 640 g/mol. The van der Waals surface area contributed by atoms with Gasteiger partial charge in [0, 0.05) is 22.9 Å². The SMILES string of the molecule is CC(C)(C)c1ccc2c3ccc(C(C)(C)C)cc3[s+](C(F)(F)C(F)(F)C(F)(F)C(F)(F)F)c2c1.O=S(=O)([O-])C(F)(F)F. The molecule has 17 heteroatoms. The molecule has 0 fully saturated rings. The Morgan fingerprint density at radius 1 is 0.595 bits per heavy atom. The van der Waals surface area contributed by atoms with Crippen LogP contribution in [-0.4, -0.2) is 36.5 Å². The molecule has 0 aliphatic carbocycles. The average Bonchev–Trinajstić information content (AvgIpc) is 3.09. The molecule has 3 nitrogen and oxygen atoms in total. The molecule has 0 amide bonds. The van der Waals surface area contributed by atoms with Crippen LogP contribution in [0.4, 0.5) is 52.7 Å². The molecular formula is C25H24F12O3S2. The zero-order valence-corrected chi connectivity index (χ0v) is 24.2. The molecule has 0 spiro atoms. The Kier molecular flexibility index (Phi) is 8.92. The quantitative estimate of drug-likeness (QED) is 0.121. The lowest BCUT2D eigenvalue weighted by Gasteiger charge is -2.29. The number of halogens is 12. The van der Waals surface area contributed by atoms with E-state index >= 15 is 8.78 Å². The Morgan fingerprint density at radius 3 is 1.14 bits per heavy atom. The van der Waals surface area contributed by atoms with E-state index in [1.54, 1.807) is 53.7 Å². The monoisotopic (exact) mass is 664 g/mol. The van der Waals surface area contributed by atoms with Gasteiger partial charge in [-0.3, -0.25) is 0 Å². The molecule has 0 atom stereocenters. The van der Waals surface area contributed by atoms with Crippen LogP contribution in [0, 0.1) is 0 Å². The van der Waals surface area contributed by atoms with Crippen molar-refractivity contribution in [2.45, 2.75) is 81.2 Å². The zero-order chi connectivity index (χ0) is 33.3. The normalized spacial score (nSPS) is 14.7. The summed E-state index contributed by atoms with van der Waals surface area (Å²) in [5.74, 6) is -13.6. The molecule has 0 radical (unpaired) electrons. The van der Waals surface area contributed by atoms with Crippen LogP contribution in [0.5, 0.6) is 0 Å². The van der Waals surface area contributed by atoms with Crippen LogP contribution in [0.3, 0.4) is 0 Å². The van der Waals surface area contributed by atoms with Crippen LogP contribution < -0.4 is 0 Å². The molecule has 3 aromatic rings. The molecule has 0 bridgehead atoms. The lowest BCUT2D eigenvalue weighted by atomic mass is 9.86. The van der Waals surface area contributed by atoms with Gasteiger partial charge in [0.2, 0.25) is 0 Å². The van der Waals surface area contributed by atoms with Gasteiger partial charge in [0.25, 0.3) is 0 Å². The Hall–Kier alpha value is -2.27. The van der Waals surface area contributed by atoms with Gasteiger partial charge in [-0.25, -0.2) is 8.42 Å². The van der Waals surface area contributed by atoms with E-state index in [1.807, 2.05) is 0 Å². The summed E-state index contributed by atoms with van der Waals surface area (Å²) in [5.41, 5.74) is -5.98. The summed E-state index contributed by atoms with van der Waals surface area (Å²) >= 11 is 0. The molecule has 0 aliphatic heterocycles. The van der Waals surface area contributed by atoms with Crippen molar-refractivity contribution in [3.63, 3.8) is 0 Å². The Morgan fingerprint density at radius 2 is 0.905 bits per heavy atom. The van der Waals surface area contributed by atoms with E-state index in [0.29, 0.717) is 11.1 Å². The van der Waals surface area contributed by atoms with Crippen molar-refractivity contribution in [2.75, 3.05) is 0 Å². The summed E-state index contributed by atoms with van der Waals surface area (Å²) in [6.45, 7) is 10.4. The van der Waals surface area contributed by atoms with Crippen molar-refractivity contribution in [3.05, 3.63) is 47.5 Å². The molecule has 2 aromatic carbocycles. The van der Waals surface area contributed by atoms with Gasteiger partial charge < -0.3 is 4.55 Å². The third kappa shape index (κ3) is 6.32. The maximum atomic E-state index is 15.4. The van der Waals surface area contributed by atoms with Crippen LogP contribution >= 0.6 is 10.5 Å². The molecule has 1 aromatic heterocycles. The van der Waals surface area contributed by atoms with Gasteiger partial charge in [0.15, 0.2) is 19.5 Å². The van der Waals surface area contributed by atoms with Crippen molar-refractivity contribution < 1.29 is 65.7 Å². The minimum absolute atomic E-state index is 0.109. The molecule has 0 saturated carbocycles. The fourth-order valence-electron chi connectivity index (χ4n) is 3.64. The molecule has 0 unspecified atom stereocenters. The highest BCUT2D eigenvalue weighted by molar-refractivity contribution is 7.86. The zero-order valence-electron chi connectivity index (χ0n) is 22.5. The summed E-state index contributed by atoms with van der Waals surface area (Å²) in [5, 5.41) is -5.52. The summed E-state index contributed by atoms with van der Waals surface area (Å²) < 4.78 is 184. The standard InChI is InChI=1S/C24H24F9S.CHF3O3S/c1-19(2,3)13-7-9-15-16-10-8-14(20(4,5)6)12-18(16)34(17(15)11-13)24(32,33)22(27,28)21(25,26)23(29,30)31;2-1(3,4)8(5,6)7/h7-12H,1-6H3;(H,5,6,7)/q+1;/p-1. The Balaban J connectivity index is 0.000000675. The van der Waals surface area contributed by atoms with Gasteiger partial charge in [0.1, 0.15) is 0 Å². The largest absolute Gasteiger partial charge is 0.741 e. The minimum Gasteiger partial charge on any atom is -0.741 e. The predicted molar refractivity (Wildman–Crippen MR) is 133 cm³/mol. The summed E-state index contributed by atoms with van der Waals surface area (Å²) in [7, 11) is -9.18. The van der Waals surface area contributed by atoms with E-state index < -0.39 is 60.2 Å². The second-order valence-corrected chi connectivity index (χ2v) is 14.7. The lowest BCUT2D eigenvalue weighted by molar-refractivity contribution is -0.390. The summed E-state index contributed by atoms with van der Waals surface area (Å²) in [6, 6.07) is 8.49. The number of hydrogen-bond acceptors (Lipinski definition) is 3. The smallest absolute Gasteiger partial charge is 0.503 e. The van der Waals surface area contributed by atoms with Gasteiger partial charge in [-0.1, -0.05) is 53.7 Å². The topological polar surface area (TPSA) is 57.2 Å². The van der Waals surface area contributed by atoms with Crippen LogP contribution in [-0.2, 0) is 26.2 Å². The van der Waals surface area contributed by atoms with E-state index in [2.05, 4.69) is 0 Å². The van der Waals surface area contributed by atoms with E-state index in [-0.39, 0.29) is 20.2 Å². The molecule has 3 rings (SSSR count). The third-order valence-corrected chi connectivity index (χ3v) is 8.97. The lowest BCUT2D eigenvalue weighted by Crippen LogP contribution is -2.58. The number of alkyl halides is 12. The van der Waals surface area contributed by atoms with Crippen molar-refractivity contribution in [1.82, 2.24) is 0 Å². The molecule has 1 heterocycles. The summed E-state index contributed by atoms with van der Waals surface area (Å²) in [4.78, 5) is 0. The highest BCUT2D eigenvalue weighted by atomic mass is 32.2. The first kappa shape index (κ1) is 35.9. The van der Waals surface area contributed by atoms with Crippen molar-refractivity contribution >= 4 is 40.8 Å². The van der Waals surface area contributed by atoms with Crippen molar-refractivity contribution in [3.8, 4) is 0 Å². The first-order chi connectivity index (χ1) is 18.3. The van der Waals surface area contributed by atoms with E-state index in [4.69, 9.17) is 13.0 Å². The molecule has 0 aliphatic rings. The van der Waals surface area contributed by atoms with Crippen molar-refractivity contribution in [1.29, 1.82) is 0 Å². The van der Waals surface area contributed by atoms with Gasteiger partial charge in [-0.15, -0.1) is 8.78 Å². The Labute approximate surface area is 235 Å². The highest BCUT2D eigenvalue weighted by Gasteiger charge is 2.86. The maximum absolute atomic E-state index is 15.4. The Bertz CT molecular complexity index is 1500. The maximum Gasteiger partial charge on any atom is 0.503 e. The van der Waals surface area contributed by atoms with Crippen molar-refractivity contribution in [2.24, 2.45) is 0 Å². The second-order valence-electron chi connectivity index (χ2n) is 11.3. The van der Waals surface area contributed by atoms with Gasteiger partial charge in [0.05, 0.1) is 10.5 Å². The number of fused-ring (bicyclic) bond motifs is 3. The fraction of sp³-hybridized carbons (Fsp3) is 0.520. The molecule has 0 N–H and O–H groups in total. The van der Waals surface area contributed by atoms with Gasteiger partial charge >= 0.3 is 28.8 Å². The molecule has 42 heavy (non-hydrogen) atoms.